The number of nitrogens with one attached hydrogen (secondary N) is 1. The molecule has 3 aromatic rings. The number of hydrogen-bond acceptors (Lipinski definition) is 5. The summed E-state index contributed by atoms with van der Waals surface area (Å²) in [6, 6.07) is 15.0. The molecule has 1 amide bonds. The lowest BCUT2D eigenvalue weighted by Gasteiger charge is -2.08. The molecule has 6 nitrogen and oxygen atoms in total. The number of rotatable bonds is 5. The monoisotopic (exact) mass is 373 g/mol. The van der Waals surface area contributed by atoms with Gasteiger partial charge in [0.2, 0.25) is 11.1 Å². The number of amides is 1. The minimum Gasteiger partial charge on any atom is -0.335 e. The van der Waals surface area contributed by atoms with Crippen molar-refractivity contribution in [2.24, 2.45) is 0 Å². The maximum Gasteiger partial charge on any atom is 0.234 e. The second-order valence-electron chi connectivity index (χ2n) is 5.36. The number of aromatic nitrogens is 3. The van der Waals surface area contributed by atoms with Crippen molar-refractivity contribution in [3.63, 3.8) is 0 Å². The summed E-state index contributed by atoms with van der Waals surface area (Å²) in [6.07, 6.45) is 0. The molecule has 0 aliphatic rings. The number of hydrogen-bond donors (Lipinski definition) is 2. The van der Waals surface area contributed by atoms with Crippen molar-refractivity contribution in [2.75, 3.05) is 16.9 Å². The molecule has 0 atom stereocenters. The van der Waals surface area contributed by atoms with Crippen LogP contribution in [-0.4, -0.2) is 26.5 Å². The van der Waals surface area contributed by atoms with Gasteiger partial charge in [-0.15, -0.1) is 10.2 Å². The van der Waals surface area contributed by atoms with Crippen LogP contribution in [0, 0.1) is 6.92 Å². The van der Waals surface area contributed by atoms with Gasteiger partial charge < -0.3 is 11.2 Å². The Kier molecular flexibility index (Phi) is 5.25. The molecule has 128 valence electrons. The van der Waals surface area contributed by atoms with E-state index in [1.165, 1.54) is 16.4 Å². The predicted octanol–water partition coefficient (Wildman–Crippen LogP) is 3.35. The largest absolute Gasteiger partial charge is 0.335 e. The highest BCUT2D eigenvalue weighted by molar-refractivity contribution is 7.99. The van der Waals surface area contributed by atoms with Crippen LogP contribution in [0.2, 0.25) is 5.02 Å². The molecule has 0 radical (unpaired) electrons. The van der Waals surface area contributed by atoms with E-state index >= 15 is 0 Å². The molecule has 0 saturated heterocycles. The van der Waals surface area contributed by atoms with Gasteiger partial charge in [0.1, 0.15) is 0 Å². The average Bonchev–Trinajstić information content (AvgIpc) is 2.97. The minimum atomic E-state index is -0.194. The van der Waals surface area contributed by atoms with Crippen LogP contribution in [0.4, 0.5) is 5.69 Å². The van der Waals surface area contributed by atoms with Gasteiger partial charge in [0.25, 0.3) is 0 Å². The van der Waals surface area contributed by atoms with E-state index in [9.17, 15) is 4.79 Å². The van der Waals surface area contributed by atoms with E-state index in [4.69, 9.17) is 17.4 Å². The quantitative estimate of drug-likeness (QED) is 0.529. The zero-order chi connectivity index (χ0) is 17.8. The maximum atomic E-state index is 12.1. The van der Waals surface area contributed by atoms with Crippen molar-refractivity contribution in [2.45, 2.75) is 12.1 Å². The first-order valence-electron chi connectivity index (χ1n) is 7.49. The molecule has 3 rings (SSSR count). The fourth-order valence-corrected chi connectivity index (χ4v) is 3.14. The van der Waals surface area contributed by atoms with E-state index in [0.29, 0.717) is 21.7 Å². The average molecular weight is 374 g/mol. The highest BCUT2D eigenvalue weighted by atomic mass is 35.5. The third-order valence-electron chi connectivity index (χ3n) is 3.43. The predicted molar refractivity (Wildman–Crippen MR) is 101 cm³/mol. The normalized spacial score (nSPS) is 10.6. The summed E-state index contributed by atoms with van der Waals surface area (Å²) >= 11 is 7.33. The Balaban J connectivity index is 1.64. The number of halogens is 1. The van der Waals surface area contributed by atoms with Crippen LogP contribution in [0.1, 0.15) is 5.56 Å². The Hall–Kier alpha value is -2.51. The molecule has 0 bridgehead atoms. The Labute approximate surface area is 154 Å². The van der Waals surface area contributed by atoms with Crippen molar-refractivity contribution in [1.82, 2.24) is 14.9 Å². The third kappa shape index (κ3) is 4.12. The standard InChI is InChI=1S/C17H16ClN5OS/c1-11-7-8-14(13(18)9-11)20-15(24)10-25-17-22-21-16(23(17)19)12-5-3-2-4-6-12/h2-9H,10,19H2,1H3,(H,20,24). The number of carbonyl (C=O) groups excluding carboxylic acids is 1. The smallest absolute Gasteiger partial charge is 0.234 e. The van der Waals surface area contributed by atoms with Gasteiger partial charge >= 0.3 is 0 Å². The van der Waals surface area contributed by atoms with Gasteiger partial charge in [-0.25, -0.2) is 4.68 Å². The van der Waals surface area contributed by atoms with Gasteiger partial charge in [-0.2, -0.15) is 0 Å². The number of benzene rings is 2. The number of nitrogens with two attached hydrogens (primary N) is 1. The zero-order valence-electron chi connectivity index (χ0n) is 13.4. The van der Waals surface area contributed by atoms with Crippen molar-refractivity contribution in [1.29, 1.82) is 0 Å². The van der Waals surface area contributed by atoms with Crippen LogP contribution >= 0.6 is 23.4 Å². The Morgan fingerprint density at radius 1 is 1.24 bits per heavy atom. The van der Waals surface area contributed by atoms with Crippen LogP contribution in [0.15, 0.2) is 53.7 Å². The summed E-state index contributed by atoms with van der Waals surface area (Å²) in [6.45, 7) is 1.94. The summed E-state index contributed by atoms with van der Waals surface area (Å²) in [5.41, 5.74) is 2.47. The summed E-state index contributed by atoms with van der Waals surface area (Å²) in [4.78, 5) is 12.1. The molecule has 0 aliphatic carbocycles. The van der Waals surface area contributed by atoms with E-state index in [1.807, 2.05) is 43.3 Å². The second-order valence-corrected chi connectivity index (χ2v) is 6.71. The molecule has 3 N–H and O–H groups in total. The van der Waals surface area contributed by atoms with E-state index < -0.39 is 0 Å². The molecule has 0 unspecified atom stereocenters. The maximum absolute atomic E-state index is 12.1. The lowest BCUT2D eigenvalue weighted by molar-refractivity contribution is -0.113. The molecule has 8 heteroatoms. The molecular formula is C17H16ClN5OS. The first-order chi connectivity index (χ1) is 12.0. The summed E-state index contributed by atoms with van der Waals surface area (Å²) < 4.78 is 1.38. The van der Waals surface area contributed by atoms with Gasteiger partial charge in [-0.05, 0) is 24.6 Å². The number of thioether (sulfide) groups is 1. The molecule has 25 heavy (non-hydrogen) atoms. The van der Waals surface area contributed by atoms with Gasteiger partial charge in [0, 0.05) is 5.56 Å². The lowest BCUT2D eigenvalue weighted by atomic mass is 10.2. The Morgan fingerprint density at radius 3 is 2.72 bits per heavy atom. The number of aryl methyl sites for hydroxylation is 1. The second kappa shape index (κ2) is 7.58. The Bertz CT molecular complexity index is 897. The molecule has 0 spiro atoms. The van der Waals surface area contributed by atoms with E-state index in [1.54, 1.807) is 12.1 Å². The summed E-state index contributed by atoms with van der Waals surface area (Å²) in [7, 11) is 0. The highest BCUT2D eigenvalue weighted by Gasteiger charge is 2.14. The van der Waals surface area contributed by atoms with Crippen LogP contribution < -0.4 is 11.2 Å². The third-order valence-corrected chi connectivity index (χ3v) is 4.68. The van der Waals surface area contributed by atoms with Crippen LogP contribution in [0.25, 0.3) is 11.4 Å². The fraction of sp³-hybridized carbons (Fsp3) is 0.118. The first kappa shape index (κ1) is 17.3. The summed E-state index contributed by atoms with van der Waals surface area (Å²) in [5, 5.41) is 11.9. The summed E-state index contributed by atoms with van der Waals surface area (Å²) in [5.74, 6) is 6.53. The van der Waals surface area contributed by atoms with Gasteiger partial charge in [0.05, 0.1) is 16.5 Å². The Morgan fingerprint density at radius 2 is 2.00 bits per heavy atom. The van der Waals surface area contributed by atoms with Crippen molar-refractivity contribution < 1.29 is 4.79 Å². The van der Waals surface area contributed by atoms with E-state index in [2.05, 4.69) is 15.5 Å². The number of anilines is 1. The van der Waals surface area contributed by atoms with Crippen molar-refractivity contribution in [3.8, 4) is 11.4 Å². The molecular weight excluding hydrogens is 358 g/mol. The minimum absolute atomic E-state index is 0.147. The molecule has 1 aromatic heterocycles. The molecule has 0 fully saturated rings. The topological polar surface area (TPSA) is 85.8 Å². The van der Waals surface area contributed by atoms with Gasteiger partial charge in [-0.1, -0.05) is 59.8 Å². The van der Waals surface area contributed by atoms with Crippen LogP contribution in [0.5, 0.6) is 0 Å². The fourth-order valence-electron chi connectivity index (χ4n) is 2.20. The van der Waals surface area contributed by atoms with Gasteiger partial charge in [-0.3, -0.25) is 4.79 Å². The van der Waals surface area contributed by atoms with Gasteiger partial charge in [0.15, 0.2) is 5.82 Å². The number of nitrogen functional groups attached to an aromatic ring is 1. The molecule has 2 aromatic carbocycles. The zero-order valence-corrected chi connectivity index (χ0v) is 15.0. The van der Waals surface area contributed by atoms with Crippen molar-refractivity contribution >= 4 is 35.0 Å². The lowest BCUT2D eigenvalue weighted by Crippen LogP contribution is -2.16. The molecule has 0 saturated carbocycles. The number of carbonyl (C=O) groups is 1. The van der Waals surface area contributed by atoms with Crippen LogP contribution in [0.3, 0.4) is 0 Å². The molecule has 0 aliphatic heterocycles. The number of nitrogens with zero attached hydrogens (tertiary/aromatic N) is 3. The first-order valence-corrected chi connectivity index (χ1v) is 8.85. The van der Waals surface area contributed by atoms with Crippen LogP contribution in [-0.2, 0) is 4.79 Å². The molecule has 1 heterocycles. The SMILES string of the molecule is Cc1ccc(NC(=O)CSc2nnc(-c3ccccc3)n2N)c(Cl)c1. The van der Waals surface area contributed by atoms with Crippen molar-refractivity contribution in [3.05, 3.63) is 59.1 Å². The van der Waals surface area contributed by atoms with E-state index in [-0.39, 0.29) is 11.7 Å². The van der Waals surface area contributed by atoms with E-state index in [0.717, 1.165) is 11.1 Å². The highest BCUT2D eigenvalue weighted by Crippen LogP contribution is 2.24.